The summed E-state index contributed by atoms with van der Waals surface area (Å²) in [6.07, 6.45) is 1.92. The average molecular weight is 542 g/mol. The number of hydrogen-bond donors (Lipinski definition) is 1. The van der Waals surface area contributed by atoms with E-state index >= 15 is 0 Å². The van der Waals surface area contributed by atoms with Gasteiger partial charge in [0.15, 0.2) is 0 Å². The van der Waals surface area contributed by atoms with Crippen molar-refractivity contribution in [3.63, 3.8) is 0 Å². The van der Waals surface area contributed by atoms with Gasteiger partial charge in [-0.2, -0.15) is 0 Å². The molecule has 0 aliphatic rings. The summed E-state index contributed by atoms with van der Waals surface area (Å²) in [6, 6.07) is 22.7. The Kier molecular flexibility index (Phi) is 9.72. The quantitative estimate of drug-likeness (QED) is 0.397. The minimum Gasteiger partial charge on any atom is -0.357 e. The summed E-state index contributed by atoms with van der Waals surface area (Å²) >= 11 is 6.42. The van der Waals surface area contributed by atoms with E-state index in [-0.39, 0.29) is 18.9 Å². The second kappa shape index (κ2) is 12.7. The number of anilines is 1. The summed E-state index contributed by atoms with van der Waals surface area (Å²) in [5.74, 6) is -0.870. The number of aryl methyl sites for hydroxylation is 1. The van der Waals surface area contributed by atoms with Crippen molar-refractivity contribution in [3.05, 3.63) is 101 Å². The molecule has 0 aliphatic carbocycles. The molecule has 7 nitrogen and oxygen atoms in total. The number of rotatable bonds is 11. The highest BCUT2D eigenvalue weighted by Crippen LogP contribution is 2.25. The Morgan fingerprint density at radius 3 is 2.11 bits per heavy atom. The average Bonchev–Trinajstić information content (AvgIpc) is 2.89. The number of likely N-dealkylation sites (N-methyl/N-ethyl adjacent to an activating group) is 1. The van der Waals surface area contributed by atoms with Crippen molar-refractivity contribution in [2.75, 3.05) is 24.2 Å². The Morgan fingerprint density at radius 2 is 1.51 bits per heavy atom. The van der Waals surface area contributed by atoms with Crippen molar-refractivity contribution in [3.8, 4) is 0 Å². The molecule has 0 saturated heterocycles. The molecule has 3 rings (SSSR count). The van der Waals surface area contributed by atoms with Crippen LogP contribution in [0.25, 0.3) is 0 Å². The molecule has 37 heavy (non-hydrogen) atoms. The summed E-state index contributed by atoms with van der Waals surface area (Å²) < 4.78 is 26.9. The summed E-state index contributed by atoms with van der Waals surface area (Å²) in [5, 5.41) is 3.11. The number of carbonyl (C=O) groups excluding carboxylic acids is 2. The first kappa shape index (κ1) is 28.2. The van der Waals surface area contributed by atoms with Crippen LogP contribution in [0, 0.1) is 0 Å². The van der Waals surface area contributed by atoms with Gasteiger partial charge in [-0.1, -0.05) is 85.3 Å². The number of sulfonamides is 1. The Labute approximate surface area is 224 Å². The van der Waals surface area contributed by atoms with Crippen molar-refractivity contribution in [1.82, 2.24) is 10.2 Å². The van der Waals surface area contributed by atoms with Gasteiger partial charge < -0.3 is 10.2 Å². The topological polar surface area (TPSA) is 86.8 Å². The Bertz CT molecular complexity index is 1330. The van der Waals surface area contributed by atoms with E-state index in [2.05, 4.69) is 5.32 Å². The molecule has 0 unspecified atom stereocenters. The molecule has 0 fully saturated rings. The van der Waals surface area contributed by atoms with Crippen LogP contribution < -0.4 is 9.62 Å². The molecule has 3 aromatic carbocycles. The number of para-hydroxylation sites is 1. The predicted molar refractivity (Wildman–Crippen MR) is 148 cm³/mol. The van der Waals surface area contributed by atoms with Gasteiger partial charge in [-0.15, -0.1) is 0 Å². The summed E-state index contributed by atoms with van der Waals surface area (Å²) in [4.78, 5) is 28.5. The third kappa shape index (κ3) is 7.33. The minimum absolute atomic E-state index is 0.0381. The van der Waals surface area contributed by atoms with Gasteiger partial charge in [0.1, 0.15) is 12.6 Å². The highest BCUT2D eigenvalue weighted by molar-refractivity contribution is 7.92. The molecule has 0 saturated carbocycles. The van der Waals surface area contributed by atoms with E-state index in [0.717, 1.165) is 21.7 Å². The molecule has 0 bridgehead atoms. The van der Waals surface area contributed by atoms with E-state index < -0.39 is 28.5 Å². The van der Waals surface area contributed by atoms with Crippen molar-refractivity contribution in [2.45, 2.75) is 32.4 Å². The van der Waals surface area contributed by atoms with Gasteiger partial charge in [-0.05, 0) is 35.2 Å². The molecule has 2 amide bonds. The van der Waals surface area contributed by atoms with Crippen molar-refractivity contribution in [2.24, 2.45) is 0 Å². The number of halogens is 1. The summed E-state index contributed by atoms with van der Waals surface area (Å²) in [7, 11) is -2.30. The van der Waals surface area contributed by atoms with E-state index in [1.807, 2.05) is 49.4 Å². The SMILES string of the molecule is CCc1ccccc1N(CC(=O)N(Cc1ccccc1Cl)[C@@H](Cc1ccccc1)C(=O)NC)S(C)(=O)=O. The van der Waals surface area contributed by atoms with Crippen LogP contribution in [0.2, 0.25) is 5.02 Å². The van der Waals surface area contributed by atoms with Gasteiger partial charge in [-0.25, -0.2) is 8.42 Å². The van der Waals surface area contributed by atoms with E-state index in [0.29, 0.717) is 22.7 Å². The molecule has 0 radical (unpaired) electrons. The number of carbonyl (C=O) groups is 2. The van der Waals surface area contributed by atoms with Crippen LogP contribution in [0.4, 0.5) is 5.69 Å². The molecule has 1 N–H and O–H groups in total. The fourth-order valence-corrected chi connectivity index (χ4v) is 5.25. The lowest BCUT2D eigenvalue weighted by atomic mass is 10.0. The van der Waals surface area contributed by atoms with E-state index in [9.17, 15) is 18.0 Å². The number of benzene rings is 3. The third-order valence-electron chi connectivity index (χ3n) is 6.14. The number of nitrogens with zero attached hydrogens (tertiary/aromatic N) is 2. The standard InChI is InChI=1S/C28H32ClN3O4S/c1-4-22-14-9-11-17-25(22)32(37(3,35)36)20-27(33)31(19-23-15-8-10-16-24(23)29)26(28(34)30-2)18-21-12-6-5-7-13-21/h5-17,26H,4,18-20H2,1-3H3,(H,30,34)/t26-/m0/s1. The van der Waals surface area contributed by atoms with Crippen molar-refractivity contribution < 1.29 is 18.0 Å². The first-order chi connectivity index (χ1) is 17.7. The van der Waals surface area contributed by atoms with E-state index in [1.165, 1.54) is 11.9 Å². The first-order valence-electron chi connectivity index (χ1n) is 12.0. The largest absolute Gasteiger partial charge is 0.357 e. The molecule has 9 heteroatoms. The maximum Gasteiger partial charge on any atom is 0.244 e. The molecule has 0 aromatic heterocycles. The van der Waals surface area contributed by atoms with Crippen LogP contribution in [0.15, 0.2) is 78.9 Å². The van der Waals surface area contributed by atoms with E-state index in [1.54, 1.807) is 36.4 Å². The molecule has 3 aromatic rings. The number of nitrogens with one attached hydrogen (secondary N) is 1. The molecular weight excluding hydrogens is 510 g/mol. The van der Waals surface area contributed by atoms with Crippen molar-refractivity contribution >= 4 is 39.1 Å². The summed E-state index contributed by atoms with van der Waals surface area (Å²) in [5.41, 5.74) is 2.76. The summed E-state index contributed by atoms with van der Waals surface area (Å²) in [6.45, 7) is 1.51. The minimum atomic E-state index is -3.81. The number of amides is 2. The number of hydrogen-bond acceptors (Lipinski definition) is 4. The molecular formula is C28H32ClN3O4S. The lowest BCUT2D eigenvalue weighted by Gasteiger charge is -2.33. The van der Waals surface area contributed by atoms with Gasteiger partial charge in [0.25, 0.3) is 0 Å². The first-order valence-corrected chi connectivity index (χ1v) is 14.2. The van der Waals surface area contributed by atoms with Crippen LogP contribution in [-0.2, 0) is 39.0 Å². The second-order valence-electron chi connectivity index (χ2n) is 8.68. The fraction of sp³-hybridized carbons (Fsp3) is 0.286. The second-order valence-corrected chi connectivity index (χ2v) is 11.0. The third-order valence-corrected chi connectivity index (χ3v) is 7.63. The van der Waals surface area contributed by atoms with Gasteiger partial charge in [0, 0.05) is 25.0 Å². The molecule has 0 spiro atoms. The molecule has 1 atom stereocenters. The monoisotopic (exact) mass is 541 g/mol. The van der Waals surface area contributed by atoms with Gasteiger partial charge in [0.2, 0.25) is 21.8 Å². The molecule has 196 valence electrons. The van der Waals surface area contributed by atoms with Crippen LogP contribution >= 0.6 is 11.6 Å². The highest BCUT2D eigenvalue weighted by Gasteiger charge is 2.33. The lowest BCUT2D eigenvalue weighted by Crippen LogP contribution is -2.53. The van der Waals surface area contributed by atoms with Crippen LogP contribution in [0.5, 0.6) is 0 Å². The van der Waals surface area contributed by atoms with Gasteiger partial charge in [-0.3, -0.25) is 13.9 Å². The van der Waals surface area contributed by atoms with Gasteiger partial charge >= 0.3 is 0 Å². The predicted octanol–water partition coefficient (Wildman–Crippen LogP) is 4.05. The fourth-order valence-electron chi connectivity index (χ4n) is 4.18. The van der Waals surface area contributed by atoms with Crippen LogP contribution in [-0.4, -0.2) is 51.0 Å². The Hall–Kier alpha value is -3.36. The zero-order valence-electron chi connectivity index (χ0n) is 21.2. The van der Waals surface area contributed by atoms with E-state index in [4.69, 9.17) is 11.6 Å². The normalized spacial score (nSPS) is 12.0. The lowest BCUT2D eigenvalue weighted by molar-refractivity contribution is -0.139. The maximum absolute atomic E-state index is 13.9. The Balaban J connectivity index is 2.06. The van der Waals surface area contributed by atoms with Gasteiger partial charge in [0.05, 0.1) is 11.9 Å². The van der Waals surface area contributed by atoms with Crippen molar-refractivity contribution in [1.29, 1.82) is 0 Å². The maximum atomic E-state index is 13.9. The highest BCUT2D eigenvalue weighted by atomic mass is 35.5. The zero-order chi connectivity index (χ0) is 27.0. The molecule has 0 aliphatic heterocycles. The Morgan fingerprint density at radius 1 is 0.919 bits per heavy atom. The van der Waals surface area contributed by atoms with Crippen LogP contribution in [0.1, 0.15) is 23.6 Å². The van der Waals surface area contributed by atoms with Crippen LogP contribution in [0.3, 0.4) is 0 Å². The zero-order valence-corrected chi connectivity index (χ0v) is 22.8. The molecule has 0 heterocycles. The smallest absolute Gasteiger partial charge is 0.244 e.